The molecule has 0 aliphatic rings. The predicted molar refractivity (Wildman–Crippen MR) is 81.6 cm³/mol. The Labute approximate surface area is 116 Å². The second kappa shape index (κ2) is 5.95. The van der Waals surface area contributed by atoms with Crippen molar-refractivity contribution in [1.29, 1.82) is 0 Å². The van der Waals surface area contributed by atoms with E-state index in [0.717, 1.165) is 12.2 Å². The van der Waals surface area contributed by atoms with Crippen molar-refractivity contribution >= 4 is 17.3 Å². The molecule has 0 spiro atoms. The number of amides is 1. The van der Waals surface area contributed by atoms with E-state index in [0.29, 0.717) is 17.8 Å². The van der Waals surface area contributed by atoms with Gasteiger partial charge >= 0.3 is 0 Å². The SMILES string of the molecule is CCNC(=O)c1ccc(N(C)CC(C)(C)C)c(N)c1. The third-order valence-corrected chi connectivity index (χ3v) is 2.75. The Morgan fingerprint density at radius 2 is 2.00 bits per heavy atom. The highest BCUT2D eigenvalue weighted by Gasteiger charge is 2.16. The minimum atomic E-state index is -0.0841. The summed E-state index contributed by atoms with van der Waals surface area (Å²) in [5.74, 6) is -0.0841. The zero-order valence-electron chi connectivity index (χ0n) is 12.6. The lowest BCUT2D eigenvalue weighted by molar-refractivity contribution is 0.0956. The summed E-state index contributed by atoms with van der Waals surface area (Å²) >= 11 is 0. The van der Waals surface area contributed by atoms with Crippen molar-refractivity contribution in [1.82, 2.24) is 5.32 Å². The first kappa shape index (κ1) is 15.3. The Bertz CT molecular complexity index is 449. The molecule has 0 saturated heterocycles. The topological polar surface area (TPSA) is 58.4 Å². The van der Waals surface area contributed by atoms with Gasteiger partial charge < -0.3 is 16.0 Å². The number of nitrogens with one attached hydrogen (secondary N) is 1. The molecule has 3 N–H and O–H groups in total. The van der Waals surface area contributed by atoms with Crippen LogP contribution in [0.3, 0.4) is 0 Å². The second-order valence-electron chi connectivity index (χ2n) is 6.05. The highest BCUT2D eigenvalue weighted by molar-refractivity contribution is 5.96. The number of anilines is 2. The van der Waals surface area contributed by atoms with Gasteiger partial charge in [-0.2, -0.15) is 0 Å². The van der Waals surface area contributed by atoms with E-state index in [1.165, 1.54) is 0 Å². The monoisotopic (exact) mass is 263 g/mol. The van der Waals surface area contributed by atoms with Crippen LogP contribution in [0.4, 0.5) is 11.4 Å². The molecular weight excluding hydrogens is 238 g/mol. The molecule has 0 bridgehead atoms. The molecule has 106 valence electrons. The molecule has 0 aliphatic heterocycles. The van der Waals surface area contributed by atoms with Gasteiger partial charge in [0, 0.05) is 25.7 Å². The van der Waals surface area contributed by atoms with Gasteiger partial charge in [0.25, 0.3) is 5.91 Å². The minimum Gasteiger partial charge on any atom is -0.397 e. The average molecular weight is 263 g/mol. The van der Waals surface area contributed by atoms with E-state index >= 15 is 0 Å². The molecule has 0 radical (unpaired) electrons. The molecule has 1 rings (SSSR count). The smallest absolute Gasteiger partial charge is 0.251 e. The lowest BCUT2D eigenvalue weighted by atomic mass is 9.96. The number of benzene rings is 1. The Morgan fingerprint density at radius 3 is 2.47 bits per heavy atom. The molecule has 0 unspecified atom stereocenters. The standard InChI is InChI=1S/C15H25N3O/c1-6-17-14(19)11-7-8-13(12(16)9-11)18(5)10-15(2,3)4/h7-9H,6,10,16H2,1-5H3,(H,17,19). The number of nitrogen functional groups attached to an aromatic ring is 1. The van der Waals surface area contributed by atoms with Crippen LogP contribution in [0.2, 0.25) is 0 Å². The first-order valence-corrected chi connectivity index (χ1v) is 6.63. The molecule has 0 aliphatic carbocycles. The lowest BCUT2D eigenvalue weighted by Gasteiger charge is -2.29. The number of rotatable bonds is 4. The highest BCUT2D eigenvalue weighted by atomic mass is 16.1. The summed E-state index contributed by atoms with van der Waals surface area (Å²) in [5, 5.41) is 2.77. The van der Waals surface area contributed by atoms with Crippen LogP contribution in [0.1, 0.15) is 38.1 Å². The molecule has 1 aromatic carbocycles. The van der Waals surface area contributed by atoms with Crippen LogP contribution in [-0.2, 0) is 0 Å². The number of carbonyl (C=O) groups is 1. The summed E-state index contributed by atoms with van der Waals surface area (Å²) in [6, 6.07) is 5.46. The maximum atomic E-state index is 11.7. The first-order chi connectivity index (χ1) is 8.74. The summed E-state index contributed by atoms with van der Waals surface area (Å²) in [7, 11) is 2.02. The van der Waals surface area contributed by atoms with Gasteiger partial charge in [0.05, 0.1) is 11.4 Å². The van der Waals surface area contributed by atoms with Crippen LogP contribution in [-0.4, -0.2) is 26.0 Å². The van der Waals surface area contributed by atoms with Crippen LogP contribution in [0.15, 0.2) is 18.2 Å². The molecule has 0 atom stereocenters. The largest absolute Gasteiger partial charge is 0.397 e. The zero-order chi connectivity index (χ0) is 14.6. The predicted octanol–water partition coefficient (Wildman–Crippen LogP) is 2.50. The van der Waals surface area contributed by atoms with Gasteiger partial charge in [-0.15, -0.1) is 0 Å². The van der Waals surface area contributed by atoms with Crippen molar-refractivity contribution < 1.29 is 4.79 Å². The fourth-order valence-electron chi connectivity index (χ4n) is 2.10. The van der Waals surface area contributed by atoms with Crippen molar-refractivity contribution in [2.75, 3.05) is 30.8 Å². The number of hydrogen-bond donors (Lipinski definition) is 2. The van der Waals surface area contributed by atoms with E-state index in [9.17, 15) is 4.79 Å². The van der Waals surface area contributed by atoms with E-state index in [-0.39, 0.29) is 11.3 Å². The number of nitrogens with zero attached hydrogens (tertiary/aromatic N) is 1. The maximum absolute atomic E-state index is 11.7. The third kappa shape index (κ3) is 4.47. The average Bonchev–Trinajstić information content (AvgIpc) is 2.26. The fraction of sp³-hybridized carbons (Fsp3) is 0.533. The van der Waals surface area contributed by atoms with Gasteiger partial charge in [0.2, 0.25) is 0 Å². The number of hydrogen-bond acceptors (Lipinski definition) is 3. The Hall–Kier alpha value is -1.71. The maximum Gasteiger partial charge on any atom is 0.251 e. The van der Waals surface area contributed by atoms with Crippen molar-refractivity contribution in [2.45, 2.75) is 27.7 Å². The van der Waals surface area contributed by atoms with Crippen LogP contribution in [0.5, 0.6) is 0 Å². The van der Waals surface area contributed by atoms with Gasteiger partial charge in [0.15, 0.2) is 0 Å². The molecule has 4 nitrogen and oxygen atoms in total. The molecule has 1 amide bonds. The van der Waals surface area contributed by atoms with Crippen molar-refractivity contribution in [3.05, 3.63) is 23.8 Å². The van der Waals surface area contributed by atoms with Crippen LogP contribution in [0.25, 0.3) is 0 Å². The quantitative estimate of drug-likeness (QED) is 0.821. The van der Waals surface area contributed by atoms with Gasteiger partial charge in [0.1, 0.15) is 0 Å². The van der Waals surface area contributed by atoms with E-state index in [1.807, 2.05) is 26.1 Å². The van der Waals surface area contributed by atoms with E-state index in [1.54, 1.807) is 6.07 Å². The summed E-state index contributed by atoms with van der Waals surface area (Å²) in [4.78, 5) is 13.8. The molecule has 19 heavy (non-hydrogen) atoms. The van der Waals surface area contributed by atoms with Crippen LogP contribution in [0, 0.1) is 5.41 Å². The van der Waals surface area contributed by atoms with Crippen molar-refractivity contribution in [2.24, 2.45) is 5.41 Å². The van der Waals surface area contributed by atoms with E-state index in [4.69, 9.17) is 5.73 Å². The van der Waals surface area contributed by atoms with Gasteiger partial charge in [-0.05, 0) is 30.5 Å². The third-order valence-electron chi connectivity index (χ3n) is 2.75. The minimum absolute atomic E-state index is 0.0841. The van der Waals surface area contributed by atoms with Gasteiger partial charge in [-0.3, -0.25) is 4.79 Å². The van der Waals surface area contributed by atoms with E-state index < -0.39 is 0 Å². The Balaban J connectivity index is 2.91. The molecule has 4 heteroatoms. The van der Waals surface area contributed by atoms with Crippen molar-refractivity contribution in [3.63, 3.8) is 0 Å². The van der Waals surface area contributed by atoms with Gasteiger partial charge in [-0.1, -0.05) is 20.8 Å². The van der Waals surface area contributed by atoms with E-state index in [2.05, 4.69) is 31.0 Å². The second-order valence-corrected chi connectivity index (χ2v) is 6.05. The number of nitrogens with two attached hydrogens (primary N) is 1. The first-order valence-electron chi connectivity index (χ1n) is 6.63. The molecule has 0 fully saturated rings. The summed E-state index contributed by atoms with van der Waals surface area (Å²) < 4.78 is 0. The fourth-order valence-corrected chi connectivity index (χ4v) is 2.10. The normalized spacial score (nSPS) is 11.2. The molecule has 0 heterocycles. The van der Waals surface area contributed by atoms with Crippen LogP contribution >= 0.6 is 0 Å². The molecular formula is C15H25N3O. The summed E-state index contributed by atoms with van der Waals surface area (Å²) in [6.45, 7) is 9.96. The highest BCUT2D eigenvalue weighted by Crippen LogP contribution is 2.26. The van der Waals surface area contributed by atoms with Crippen molar-refractivity contribution in [3.8, 4) is 0 Å². The Morgan fingerprint density at radius 1 is 1.37 bits per heavy atom. The zero-order valence-corrected chi connectivity index (χ0v) is 12.6. The molecule has 1 aromatic rings. The Kier molecular flexibility index (Phi) is 4.81. The number of carbonyl (C=O) groups excluding carboxylic acids is 1. The summed E-state index contributed by atoms with van der Waals surface area (Å²) in [6.07, 6.45) is 0. The summed E-state index contributed by atoms with van der Waals surface area (Å²) in [5.41, 5.74) is 8.45. The molecule has 0 aromatic heterocycles. The van der Waals surface area contributed by atoms with Crippen LogP contribution < -0.4 is 16.0 Å². The van der Waals surface area contributed by atoms with Gasteiger partial charge in [-0.25, -0.2) is 0 Å². The lowest BCUT2D eigenvalue weighted by Crippen LogP contribution is -2.30. The molecule has 0 saturated carbocycles.